The number of carbonyl (C=O) groups excluding carboxylic acids is 1. The third-order valence-corrected chi connectivity index (χ3v) is 5.35. The quantitative estimate of drug-likeness (QED) is 0.777. The second kappa shape index (κ2) is 6.18. The van der Waals surface area contributed by atoms with E-state index in [1.807, 2.05) is 0 Å². The molecule has 130 valence electrons. The zero-order valence-corrected chi connectivity index (χ0v) is 13.6. The van der Waals surface area contributed by atoms with E-state index in [0.29, 0.717) is 11.5 Å². The predicted molar refractivity (Wildman–Crippen MR) is 84.6 cm³/mol. The van der Waals surface area contributed by atoms with Gasteiger partial charge in [-0.15, -0.1) is 11.8 Å². The molecule has 0 aromatic heterocycles. The van der Waals surface area contributed by atoms with Gasteiger partial charge in [0.25, 0.3) is 0 Å². The van der Waals surface area contributed by atoms with Crippen molar-refractivity contribution in [2.24, 2.45) is 0 Å². The molecule has 0 saturated carbocycles. The van der Waals surface area contributed by atoms with Gasteiger partial charge in [0, 0.05) is 11.1 Å². The van der Waals surface area contributed by atoms with E-state index in [9.17, 15) is 18.0 Å². The highest BCUT2D eigenvalue weighted by Gasteiger charge is 2.37. The van der Waals surface area contributed by atoms with Crippen LogP contribution < -0.4 is 9.47 Å². The van der Waals surface area contributed by atoms with Crippen LogP contribution in [0.25, 0.3) is 0 Å². The van der Waals surface area contributed by atoms with Crippen molar-refractivity contribution in [2.75, 3.05) is 12.5 Å². The second-order valence-corrected chi connectivity index (χ2v) is 6.67. The lowest BCUT2D eigenvalue weighted by atomic mass is 10.1. The van der Waals surface area contributed by atoms with Crippen LogP contribution in [0.4, 0.5) is 13.2 Å². The van der Waals surface area contributed by atoms with Gasteiger partial charge in [0.05, 0.1) is 12.3 Å². The highest BCUT2D eigenvalue weighted by Crippen LogP contribution is 2.47. The number of rotatable bonds is 3. The molecule has 2 aromatic carbocycles. The van der Waals surface area contributed by atoms with Crippen molar-refractivity contribution in [2.45, 2.75) is 11.9 Å². The molecule has 0 bridgehead atoms. The number of carbonyl (C=O) groups is 1. The number of hydrogen-bond donors (Lipinski definition) is 0. The molecular formula is C17H12F3NO3S. The number of para-hydroxylation sites is 1. The van der Waals surface area contributed by atoms with Crippen molar-refractivity contribution in [1.29, 1.82) is 0 Å². The van der Waals surface area contributed by atoms with E-state index in [4.69, 9.17) is 9.47 Å². The molecule has 2 aliphatic rings. The molecule has 25 heavy (non-hydrogen) atoms. The number of amides is 1. The van der Waals surface area contributed by atoms with Gasteiger partial charge >= 0.3 is 0 Å². The van der Waals surface area contributed by atoms with Gasteiger partial charge in [-0.2, -0.15) is 0 Å². The van der Waals surface area contributed by atoms with Crippen LogP contribution in [0.2, 0.25) is 0 Å². The first-order valence-corrected chi connectivity index (χ1v) is 8.53. The minimum absolute atomic E-state index is 0.0792. The highest BCUT2D eigenvalue weighted by atomic mass is 32.2. The Hall–Kier alpha value is -2.35. The Morgan fingerprint density at radius 1 is 1.12 bits per heavy atom. The SMILES string of the molecule is O=C1CSC(c2cccc3c2OCO3)N1Cc1ccc(F)c(F)c1F. The molecule has 2 heterocycles. The Balaban J connectivity index is 1.68. The zero-order valence-electron chi connectivity index (χ0n) is 12.8. The molecule has 1 saturated heterocycles. The molecule has 2 aromatic rings. The largest absolute Gasteiger partial charge is 0.454 e. The smallest absolute Gasteiger partial charge is 0.234 e. The third-order valence-electron chi connectivity index (χ3n) is 4.12. The highest BCUT2D eigenvalue weighted by molar-refractivity contribution is 8.00. The molecule has 0 N–H and O–H groups in total. The summed E-state index contributed by atoms with van der Waals surface area (Å²) in [6.07, 6.45) is 0. The first-order valence-electron chi connectivity index (χ1n) is 7.48. The van der Waals surface area contributed by atoms with Crippen LogP contribution in [0.15, 0.2) is 30.3 Å². The first kappa shape index (κ1) is 16.1. The van der Waals surface area contributed by atoms with Crippen molar-refractivity contribution < 1.29 is 27.4 Å². The number of halogens is 3. The zero-order chi connectivity index (χ0) is 17.6. The summed E-state index contributed by atoms with van der Waals surface area (Å²) in [5.41, 5.74) is 0.651. The van der Waals surface area contributed by atoms with E-state index in [2.05, 4.69) is 0 Å². The van der Waals surface area contributed by atoms with Gasteiger partial charge in [-0.25, -0.2) is 13.2 Å². The van der Waals surface area contributed by atoms with Gasteiger partial charge in [-0.1, -0.05) is 18.2 Å². The molecule has 1 unspecified atom stereocenters. The van der Waals surface area contributed by atoms with E-state index >= 15 is 0 Å². The van der Waals surface area contributed by atoms with Crippen molar-refractivity contribution >= 4 is 17.7 Å². The Morgan fingerprint density at radius 3 is 2.80 bits per heavy atom. The standard InChI is InChI=1S/C17H12F3NO3S/c18-11-5-4-9(14(19)15(11)20)6-21-13(22)7-25-17(21)10-2-1-3-12-16(10)24-8-23-12/h1-5,17H,6-8H2. The maximum absolute atomic E-state index is 14.0. The maximum Gasteiger partial charge on any atom is 0.234 e. The molecule has 0 aliphatic carbocycles. The van der Waals surface area contributed by atoms with Crippen LogP contribution in [-0.2, 0) is 11.3 Å². The molecular weight excluding hydrogens is 355 g/mol. The predicted octanol–water partition coefficient (Wildman–Crippen LogP) is 3.61. The lowest BCUT2D eigenvalue weighted by Gasteiger charge is -2.25. The molecule has 4 rings (SSSR count). The fourth-order valence-electron chi connectivity index (χ4n) is 2.90. The average molecular weight is 367 g/mol. The fraction of sp³-hybridized carbons (Fsp3) is 0.235. The van der Waals surface area contributed by atoms with Crippen LogP contribution in [0.3, 0.4) is 0 Å². The fourth-order valence-corrected chi connectivity index (χ4v) is 4.10. The van der Waals surface area contributed by atoms with Gasteiger partial charge in [0.2, 0.25) is 12.7 Å². The van der Waals surface area contributed by atoms with Gasteiger partial charge in [-0.3, -0.25) is 4.79 Å². The molecule has 1 fully saturated rings. The average Bonchev–Trinajstić information content (AvgIpc) is 3.22. The van der Waals surface area contributed by atoms with Crippen LogP contribution in [0.5, 0.6) is 11.5 Å². The topological polar surface area (TPSA) is 38.8 Å². The molecule has 0 radical (unpaired) electrons. The third kappa shape index (κ3) is 2.70. The minimum Gasteiger partial charge on any atom is -0.454 e. The van der Waals surface area contributed by atoms with Crippen LogP contribution in [0.1, 0.15) is 16.5 Å². The lowest BCUT2D eigenvalue weighted by molar-refractivity contribution is -0.128. The summed E-state index contributed by atoms with van der Waals surface area (Å²) in [6.45, 7) is -0.0699. The molecule has 4 nitrogen and oxygen atoms in total. The monoisotopic (exact) mass is 367 g/mol. The normalized spacial score (nSPS) is 18.9. The Kier molecular flexibility index (Phi) is 3.99. The summed E-state index contributed by atoms with van der Waals surface area (Å²) in [5, 5.41) is -0.420. The van der Waals surface area contributed by atoms with Crippen LogP contribution >= 0.6 is 11.8 Å². The van der Waals surface area contributed by atoms with Crippen molar-refractivity contribution in [3.8, 4) is 11.5 Å². The summed E-state index contributed by atoms with van der Waals surface area (Å²) in [7, 11) is 0. The number of hydrogen-bond acceptors (Lipinski definition) is 4. The first-order chi connectivity index (χ1) is 12.1. The van der Waals surface area contributed by atoms with Gasteiger partial charge in [0.15, 0.2) is 29.0 Å². The Bertz CT molecular complexity index is 861. The minimum atomic E-state index is -1.54. The summed E-state index contributed by atoms with van der Waals surface area (Å²) < 4.78 is 51.4. The van der Waals surface area contributed by atoms with Crippen LogP contribution in [0, 0.1) is 17.5 Å². The molecule has 1 amide bonds. The van der Waals surface area contributed by atoms with E-state index in [1.54, 1.807) is 18.2 Å². The number of thioether (sulfide) groups is 1. The summed E-state index contributed by atoms with van der Waals surface area (Å²) in [6, 6.07) is 7.34. The van der Waals surface area contributed by atoms with E-state index in [0.717, 1.165) is 17.7 Å². The van der Waals surface area contributed by atoms with Crippen molar-refractivity contribution in [3.63, 3.8) is 0 Å². The molecule has 2 aliphatic heterocycles. The lowest BCUT2D eigenvalue weighted by Crippen LogP contribution is -2.28. The second-order valence-electron chi connectivity index (χ2n) is 5.60. The molecule has 1 atom stereocenters. The maximum atomic E-state index is 14.0. The number of benzene rings is 2. The Morgan fingerprint density at radius 2 is 1.96 bits per heavy atom. The van der Waals surface area contributed by atoms with Gasteiger partial charge in [0.1, 0.15) is 5.37 Å². The summed E-state index contributed by atoms with van der Waals surface area (Å²) >= 11 is 1.36. The molecule has 0 spiro atoms. The van der Waals surface area contributed by atoms with E-state index in [-0.39, 0.29) is 30.6 Å². The van der Waals surface area contributed by atoms with Crippen molar-refractivity contribution in [1.82, 2.24) is 4.90 Å². The van der Waals surface area contributed by atoms with E-state index in [1.165, 1.54) is 16.7 Å². The summed E-state index contributed by atoms with van der Waals surface area (Å²) in [5.74, 6) is -2.95. The van der Waals surface area contributed by atoms with Gasteiger partial charge in [-0.05, 0) is 12.1 Å². The number of nitrogens with zero attached hydrogens (tertiary/aromatic N) is 1. The van der Waals surface area contributed by atoms with Gasteiger partial charge < -0.3 is 14.4 Å². The number of fused-ring (bicyclic) bond motifs is 1. The van der Waals surface area contributed by atoms with E-state index < -0.39 is 22.8 Å². The van der Waals surface area contributed by atoms with Crippen LogP contribution in [-0.4, -0.2) is 23.4 Å². The number of ether oxygens (including phenoxy) is 2. The molecule has 8 heteroatoms. The summed E-state index contributed by atoms with van der Waals surface area (Å²) in [4.78, 5) is 13.7. The Labute approximate surface area is 145 Å². The van der Waals surface area contributed by atoms with Crippen molar-refractivity contribution in [3.05, 3.63) is 58.9 Å².